The molecule has 0 spiro atoms. The van der Waals surface area contributed by atoms with E-state index in [9.17, 15) is 13.6 Å². The molecule has 0 aromatic carbocycles. The minimum Gasteiger partial charge on any atom is -0.760 e. The monoisotopic (exact) mass is 342 g/mol. The lowest BCUT2D eigenvalue weighted by atomic mass is 9.49. The van der Waals surface area contributed by atoms with Gasteiger partial charge < -0.3 is 9.29 Å². The molecule has 4 rings (SSSR count). The van der Waals surface area contributed by atoms with Crippen LogP contribution < -0.4 is 4.72 Å². The molecule has 132 valence electrons. The van der Waals surface area contributed by atoms with Crippen LogP contribution in [0.15, 0.2) is 0 Å². The van der Waals surface area contributed by atoms with Crippen LogP contribution in [0.5, 0.6) is 0 Å². The molecule has 0 aromatic rings. The molecule has 4 aliphatic carbocycles. The normalized spacial score (nSPS) is 36.1. The Balaban J connectivity index is 1.32. The zero-order chi connectivity index (χ0) is 16.3. The van der Waals surface area contributed by atoms with Crippen molar-refractivity contribution in [2.75, 3.05) is 13.2 Å². The van der Waals surface area contributed by atoms with Gasteiger partial charge in [0.15, 0.2) is 0 Å². The summed E-state index contributed by atoms with van der Waals surface area (Å²) < 4.78 is 28.6. The average Bonchev–Trinajstić information content (AvgIpc) is 2.48. The predicted molar refractivity (Wildman–Crippen MR) is 87.0 cm³/mol. The van der Waals surface area contributed by atoms with E-state index >= 15 is 0 Å². The van der Waals surface area contributed by atoms with Crippen LogP contribution in [0, 0.1) is 23.2 Å². The van der Waals surface area contributed by atoms with E-state index < -0.39 is 11.3 Å². The molecular formula is C17H28NO4S-. The molecule has 4 aliphatic rings. The first-order valence-electron chi connectivity index (χ1n) is 9.07. The maximum Gasteiger partial charge on any atom is 0.312 e. The van der Waals surface area contributed by atoms with E-state index in [1.165, 1.54) is 19.3 Å². The molecule has 1 atom stereocenters. The maximum absolute atomic E-state index is 12.6. The SMILES string of the molecule is O=C(OCCCCCCNS(=O)[O-])C12CC3CC(CC(C3)C1)C2. The lowest BCUT2D eigenvalue weighted by Gasteiger charge is -2.55. The van der Waals surface area contributed by atoms with Crippen molar-refractivity contribution in [2.24, 2.45) is 23.2 Å². The van der Waals surface area contributed by atoms with Crippen molar-refractivity contribution in [3.05, 3.63) is 0 Å². The summed E-state index contributed by atoms with van der Waals surface area (Å²) in [5, 5.41) is 0. The molecule has 0 amide bonds. The molecule has 23 heavy (non-hydrogen) atoms. The third-order valence-electron chi connectivity index (χ3n) is 6.00. The van der Waals surface area contributed by atoms with Crippen LogP contribution in [-0.4, -0.2) is 27.9 Å². The highest BCUT2D eigenvalue weighted by Gasteiger charge is 2.55. The highest BCUT2D eigenvalue weighted by molar-refractivity contribution is 7.77. The lowest BCUT2D eigenvalue weighted by molar-refractivity contribution is -0.171. The predicted octanol–water partition coefficient (Wildman–Crippen LogP) is 2.69. The van der Waals surface area contributed by atoms with Crippen LogP contribution in [0.2, 0.25) is 0 Å². The molecule has 0 aliphatic heterocycles. The van der Waals surface area contributed by atoms with Crippen LogP contribution in [0.25, 0.3) is 0 Å². The molecule has 0 heterocycles. The van der Waals surface area contributed by atoms with Crippen LogP contribution in [0.3, 0.4) is 0 Å². The Hall–Kier alpha value is -0.460. The zero-order valence-corrected chi connectivity index (χ0v) is 14.6. The fourth-order valence-electron chi connectivity index (χ4n) is 5.41. The van der Waals surface area contributed by atoms with E-state index in [-0.39, 0.29) is 11.4 Å². The Morgan fingerprint density at radius 1 is 1.04 bits per heavy atom. The van der Waals surface area contributed by atoms with E-state index in [2.05, 4.69) is 4.72 Å². The number of ether oxygens (including phenoxy) is 1. The van der Waals surface area contributed by atoms with Crippen LogP contribution in [-0.2, 0) is 20.8 Å². The number of hydrogen-bond acceptors (Lipinski definition) is 4. The highest BCUT2D eigenvalue weighted by Crippen LogP contribution is 2.60. The smallest absolute Gasteiger partial charge is 0.312 e. The summed E-state index contributed by atoms with van der Waals surface area (Å²) in [6.45, 7) is 1.00. The molecular weight excluding hydrogens is 314 g/mol. The molecule has 0 saturated heterocycles. The van der Waals surface area contributed by atoms with Crippen LogP contribution in [0.4, 0.5) is 0 Å². The standard InChI is InChI=1S/C17H29NO4S/c19-16(22-6-4-2-1-3-5-18-23(20)21)17-10-13-7-14(11-17)9-15(8-13)12-17/h13-15,18H,1-12H2,(H,20,21)/p-1. The molecule has 4 fully saturated rings. The van der Waals surface area contributed by atoms with Crippen LogP contribution in [0.1, 0.15) is 64.2 Å². The van der Waals surface area contributed by atoms with Gasteiger partial charge in [-0.05, 0) is 69.1 Å². The molecule has 5 nitrogen and oxygen atoms in total. The summed E-state index contributed by atoms with van der Waals surface area (Å²) in [4.78, 5) is 12.6. The first-order chi connectivity index (χ1) is 11.1. The Morgan fingerprint density at radius 3 is 2.17 bits per heavy atom. The molecule has 4 bridgehead atoms. The minimum absolute atomic E-state index is 0.0695. The fourth-order valence-corrected chi connectivity index (χ4v) is 5.73. The Kier molecular flexibility index (Phi) is 5.75. The molecule has 1 unspecified atom stereocenters. The second-order valence-corrected chi connectivity index (χ2v) is 8.64. The number of esters is 1. The highest BCUT2D eigenvalue weighted by atomic mass is 32.2. The van der Waals surface area contributed by atoms with Gasteiger partial charge in [-0.3, -0.25) is 9.00 Å². The third kappa shape index (κ3) is 4.34. The van der Waals surface area contributed by atoms with Crippen molar-refractivity contribution in [3.8, 4) is 0 Å². The van der Waals surface area contributed by atoms with Crippen molar-refractivity contribution in [1.29, 1.82) is 0 Å². The van der Waals surface area contributed by atoms with E-state index in [4.69, 9.17) is 4.74 Å². The fraction of sp³-hybridized carbons (Fsp3) is 0.941. The molecule has 1 N–H and O–H groups in total. The van der Waals surface area contributed by atoms with Gasteiger partial charge in [0.1, 0.15) is 0 Å². The second kappa shape index (κ2) is 7.62. The van der Waals surface area contributed by atoms with Gasteiger partial charge >= 0.3 is 5.97 Å². The molecule has 0 aromatic heterocycles. The summed E-state index contributed by atoms with van der Waals surface area (Å²) in [6, 6.07) is 0. The van der Waals surface area contributed by atoms with Gasteiger partial charge in [0.05, 0.1) is 12.0 Å². The number of hydrogen-bond donors (Lipinski definition) is 1. The first-order valence-corrected chi connectivity index (χ1v) is 10.1. The lowest BCUT2D eigenvalue weighted by Crippen LogP contribution is -2.50. The Bertz CT molecular complexity index is 419. The summed E-state index contributed by atoms with van der Waals surface area (Å²) in [5.74, 6) is 2.38. The van der Waals surface area contributed by atoms with Gasteiger partial charge in [-0.25, -0.2) is 4.72 Å². The van der Waals surface area contributed by atoms with Gasteiger partial charge in [-0.15, -0.1) is 0 Å². The maximum atomic E-state index is 12.6. The number of nitrogens with one attached hydrogen (secondary N) is 1. The largest absolute Gasteiger partial charge is 0.760 e. The van der Waals surface area contributed by atoms with Gasteiger partial charge in [0.25, 0.3) is 0 Å². The van der Waals surface area contributed by atoms with Gasteiger partial charge in [-0.2, -0.15) is 0 Å². The average molecular weight is 342 g/mol. The summed E-state index contributed by atoms with van der Waals surface area (Å²) in [6.07, 6.45) is 10.9. The Morgan fingerprint density at radius 2 is 1.61 bits per heavy atom. The number of carbonyl (C=O) groups excluding carboxylic acids is 1. The Labute approximate surface area is 141 Å². The van der Waals surface area contributed by atoms with Crippen molar-refractivity contribution in [1.82, 2.24) is 4.72 Å². The third-order valence-corrected chi connectivity index (χ3v) is 6.44. The molecule has 0 radical (unpaired) electrons. The van der Waals surface area contributed by atoms with Crippen molar-refractivity contribution in [2.45, 2.75) is 64.2 Å². The number of carbonyl (C=O) groups is 1. The van der Waals surface area contributed by atoms with Crippen molar-refractivity contribution >= 4 is 17.2 Å². The second-order valence-electron chi connectivity index (χ2n) is 7.88. The van der Waals surface area contributed by atoms with Gasteiger partial charge in [0, 0.05) is 17.8 Å². The topological polar surface area (TPSA) is 78.5 Å². The first kappa shape index (κ1) is 17.4. The van der Waals surface area contributed by atoms with E-state index in [1.807, 2.05) is 0 Å². The molecule has 4 saturated carbocycles. The van der Waals surface area contributed by atoms with Crippen molar-refractivity contribution in [3.63, 3.8) is 0 Å². The zero-order valence-electron chi connectivity index (χ0n) is 13.8. The van der Waals surface area contributed by atoms with Crippen LogP contribution >= 0.6 is 0 Å². The summed E-state index contributed by atoms with van der Waals surface area (Å²) in [7, 11) is 0. The van der Waals surface area contributed by atoms with Gasteiger partial charge in [0.2, 0.25) is 0 Å². The van der Waals surface area contributed by atoms with E-state index in [1.54, 1.807) is 0 Å². The minimum atomic E-state index is -2.16. The summed E-state index contributed by atoms with van der Waals surface area (Å²) in [5.41, 5.74) is -0.142. The van der Waals surface area contributed by atoms with E-state index in [0.29, 0.717) is 13.2 Å². The molecule has 6 heteroatoms. The number of rotatable bonds is 9. The number of unbranched alkanes of at least 4 members (excludes halogenated alkanes) is 3. The summed E-state index contributed by atoms with van der Waals surface area (Å²) >= 11 is -2.16. The quantitative estimate of drug-likeness (QED) is 0.397. The van der Waals surface area contributed by atoms with Gasteiger partial charge in [-0.1, -0.05) is 12.8 Å². The van der Waals surface area contributed by atoms with Crippen molar-refractivity contribution < 1.29 is 18.3 Å². The van der Waals surface area contributed by atoms with E-state index in [0.717, 1.165) is 62.7 Å².